The van der Waals surface area contributed by atoms with Crippen molar-refractivity contribution in [2.24, 2.45) is 4.99 Å². The van der Waals surface area contributed by atoms with Crippen LogP contribution in [-0.4, -0.2) is 23.4 Å². The molecule has 0 saturated carbocycles. The van der Waals surface area contributed by atoms with Gasteiger partial charge < -0.3 is 14.6 Å². The molecule has 0 saturated heterocycles. The summed E-state index contributed by atoms with van der Waals surface area (Å²) >= 11 is 5.92. The van der Waals surface area contributed by atoms with Crippen LogP contribution in [-0.2, 0) is 6.61 Å². The van der Waals surface area contributed by atoms with Crippen LogP contribution < -0.4 is 9.47 Å². The second-order valence-electron chi connectivity index (χ2n) is 6.01. The van der Waals surface area contributed by atoms with E-state index in [0.717, 1.165) is 11.1 Å². The van der Waals surface area contributed by atoms with Crippen LogP contribution in [0.2, 0.25) is 5.02 Å². The first kappa shape index (κ1) is 20.2. The highest BCUT2D eigenvalue weighted by atomic mass is 35.5. The molecule has 0 fully saturated rings. The third kappa shape index (κ3) is 5.24. The Balaban J connectivity index is 1.72. The average molecular weight is 413 g/mol. The number of nitro benzene ring substituents is 1. The lowest BCUT2D eigenvalue weighted by atomic mass is 10.2. The molecule has 0 unspecified atom stereocenters. The Bertz CT molecular complexity index is 1050. The van der Waals surface area contributed by atoms with Crippen LogP contribution >= 0.6 is 11.6 Å². The summed E-state index contributed by atoms with van der Waals surface area (Å²) in [6.45, 7) is 0.234. The molecule has 0 heterocycles. The Morgan fingerprint density at radius 1 is 1.10 bits per heavy atom. The molecule has 29 heavy (non-hydrogen) atoms. The van der Waals surface area contributed by atoms with Crippen LogP contribution in [0.4, 0.5) is 11.4 Å². The van der Waals surface area contributed by atoms with E-state index in [4.69, 9.17) is 21.1 Å². The van der Waals surface area contributed by atoms with Crippen molar-refractivity contribution in [3.8, 4) is 17.2 Å². The Hall–Kier alpha value is -3.58. The van der Waals surface area contributed by atoms with Crippen molar-refractivity contribution in [1.82, 2.24) is 0 Å². The zero-order chi connectivity index (χ0) is 20.8. The number of aliphatic imine (C=N–C) groups is 1. The molecule has 0 aliphatic heterocycles. The normalized spacial score (nSPS) is 10.8. The first-order valence-corrected chi connectivity index (χ1v) is 8.91. The van der Waals surface area contributed by atoms with Crippen molar-refractivity contribution >= 4 is 29.2 Å². The molecule has 148 valence electrons. The molecule has 0 aliphatic carbocycles. The Morgan fingerprint density at radius 3 is 2.55 bits per heavy atom. The zero-order valence-electron chi connectivity index (χ0n) is 15.4. The van der Waals surface area contributed by atoms with Gasteiger partial charge in [0.1, 0.15) is 18.0 Å². The van der Waals surface area contributed by atoms with Crippen molar-refractivity contribution in [2.45, 2.75) is 6.61 Å². The van der Waals surface area contributed by atoms with E-state index in [0.29, 0.717) is 22.2 Å². The van der Waals surface area contributed by atoms with E-state index >= 15 is 0 Å². The van der Waals surface area contributed by atoms with Gasteiger partial charge in [-0.05, 0) is 59.7 Å². The molecule has 0 radical (unpaired) electrons. The number of rotatable bonds is 7. The molecule has 0 amide bonds. The summed E-state index contributed by atoms with van der Waals surface area (Å²) in [5.74, 6) is 1.06. The lowest BCUT2D eigenvalue weighted by Crippen LogP contribution is -1.99. The van der Waals surface area contributed by atoms with Gasteiger partial charge in [0.15, 0.2) is 11.5 Å². The van der Waals surface area contributed by atoms with E-state index in [9.17, 15) is 15.2 Å². The van der Waals surface area contributed by atoms with Gasteiger partial charge in [-0.1, -0.05) is 11.6 Å². The van der Waals surface area contributed by atoms with Gasteiger partial charge in [-0.15, -0.1) is 0 Å². The second-order valence-corrected chi connectivity index (χ2v) is 6.45. The smallest absolute Gasteiger partial charge is 0.269 e. The number of phenols is 1. The standard InChI is InChI=1S/C21H17ClN2O5/c1-28-21-10-15(12-23-18-11-16(22)5-8-19(18)25)4-9-20(21)29-13-14-2-6-17(7-3-14)24(26)27/h2-12,25H,13H2,1H3. The van der Waals surface area contributed by atoms with E-state index in [1.165, 1.54) is 25.3 Å². The molecule has 3 aromatic rings. The maximum absolute atomic E-state index is 10.7. The number of halogens is 1. The van der Waals surface area contributed by atoms with Gasteiger partial charge in [0.2, 0.25) is 0 Å². The number of benzene rings is 3. The predicted octanol–water partition coefficient (Wildman–Crippen LogP) is 5.29. The number of phenolic OH excluding ortho intramolecular Hbond substituents is 1. The molecule has 1 N–H and O–H groups in total. The zero-order valence-corrected chi connectivity index (χ0v) is 16.2. The van der Waals surface area contributed by atoms with Crippen LogP contribution in [0.5, 0.6) is 17.2 Å². The van der Waals surface area contributed by atoms with Crippen molar-refractivity contribution in [1.29, 1.82) is 0 Å². The number of nitro groups is 1. The van der Waals surface area contributed by atoms with E-state index in [1.54, 1.807) is 48.7 Å². The highest BCUT2D eigenvalue weighted by Crippen LogP contribution is 2.31. The van der Waals surface area contributed by atoms with Crippen LogP contribution in [0.15, 0.2) is 65.7 Å². The SMILES string of the molecule is COc1cc(C=Nc2cc(Cl)ccc2O)ccc1OCc1ccc([N+](=O)[O-])cc1. The van der Waals surface area contributed by atoms with Gasteiger partial charge in [0, 0.05) is 23.4 Å². The van der Waals surface area contributed by atoms with Gasteiger partial charge in [-0.3, -0.25) is 15.1 Å². The summed E-state index contributed by atoms with van der Waals surface area (Å²) in [5, 5.41) is 21.0. The van der Waals surface area contributed by atoms with Gasteiger partial charge >= 0.3 is 0 Å². The first-order valence-electron chi connectivity index (χ1n) is 8.53. The minimum Gasteiger partial charge on any atom is -0.506 e. The van der Waals surface area contributed by atoms with Crippen LogP contribution in [0.1, 0.15) is 11.1 Å². The highest BCUT2D eigenvalue weighted by molar-refractivity contribution is 6.30. The highest BCUT2D eigenvalue weighted by Gasteiger charge is 2.08. The number of hydrogen-bond donors (Lipinski definition) is 1. The maximum atomic E-state index is 10.7. The van der Waals surface area contributed by atoms with Gasteiger partial charge in [0.25, 0.3) is 5.69 Å². The third-order valence-corrected chi connectivity index (χ3v) is 4.25. The Morgan fingerprint density at radius 2 is 1.86 bits per heavy atom. The Kier molecular flexibility index (Phi) is 6.31. The van der Waals surface area contributed by atoms with Crippen LogP contribution in [0.3, 0.4) is 0 Å². The molecule has 7 nitrogen and oxygen atoms in total. The molecule has 3 rings (SSSR count). The number of nitrogens with zero attached hydrogens (tertiary/aromatic N) is 2. The van der Waals surface area contributed by atoms with Gasteiger partial charge in [-0.25, -0.2) is 0 Å². The first-order chi connectivity index (χ1) is 14.0. The Labute approximate surface area is 172 Å². The molecule has 0 aliphatic rings. The molecule has 0 atom stereocenters. The fraction of sp³-hybridized carbons (Fsp3) is 0.0952. The monoisotopic (exact) mass is 412 g/mol. The van der Waals surface area contributed by atoms with E-state index in [-0.39, 0.29) is 18.0 Å². The van der Waals surface area contributed by atoms with Crippen molar-refractivity contribution in [3.05, 3.63) is 86.9 Å². The third-order valence-electron chi connectivity index (χ3n) is 4.02. The number of hydrogen-bond acceptors (Lipinski definition) is 6. The summed E-state index contributed by atoms with van der Waals surface area (Å²) in [7, 11) is 1.53. The van der Waals surface area contributed by atoms with Gasteiger partial charge in [0.05, 0.1) is 12.0 Å². The lowest BCUT2D eigenvalue weighted by Gasteiger charge is -2.11. The van der Waals surface area contributed by atoms with E-state index in [2.05, 4.69) is 4.99 Å². The number of aromatic hydroxyl groups is 1. The topological polar surface area (TPSA) is 94.2 Å². The van der Waals surface area contributed by atoms with Crippen LogP contribution in [0, 0.1) is 10.1 Å². The fourth-order valence-electron chi connectivity index (χ4n) is 2.50. The maximum Gasteiger partial charge on any atom is 0.269 e. The quantitative estimate of drug-likeness (QED) is 0.323. The minimum atomic E-state index is -0.447. The summed E-state index contributed by atoms with van der Waals surface area (Å²) in [5.41, 5.74) is 1.92. The second kappa shape index (κ2) is 9.07. The summed E-state index contributed by atoms with van der Waals surface area (Å²) in [6, 6.07) is 16.0. The largest absolute Gasteiger partial charge is 0.506 e. The summed E-state index contributed by atoms with van der Waals surface area (Å²) in [4.78, 5) is 14.5. The average Bonchev–Trinajstić information content (AvgIpc) is 2.73. The van der Waals surface area contributed by atoms with Crippen molar-refractivity contribution in [2.75, 3.05) is 7.11 Å². The molecule has 0 bridgehead atoms. The van der Waals surface area contributed by atoms with Gasteiger partial charge in [-0.2, -0.15) is 0 Å². The molecular weight excluding hydrogens is 396 g/mol. The fourth-order valence-corrected chi connectivity index (χ4v) is 2.67. The van der Waals surface area contributed by atoms with E-state index in [1.807, 2.05) is 0 Å². The van der Waals surface area contributed by atoms with Crippen LogP contribution in [0.25, 0.3) is 0 Å². The molecule has 0 spiro atoms. The molecule has 8 heteroatoms. The number of non-ortho nitro benzene ring substituents is 1. The molecular formula is C21H17ClN2O5. The van der Waals surface area contributed by atoms with E-state index < -0.39 is 4.92 Å². The lowest BCUT2D eigenvalue weighted by molar-refractivity contribution is -0.384. The summed E-state index contributed by atoms with van der Waals surface area (Å²) < 4.78 is 11.1. The number of ether oxygens (including phenoxy) is 2. The minimum absolute atomic E-state index is 0.0284. The summed E-state index contributed by atoms with van der Waals surface area (Å²) in [6.07, 6.45) is 1.58. The predicted molar refractivity (Wildman–Crippen MR) is 111 cm³/mol. The number of methoxy groups -OCH3 is 1. The molecule has 0 aromatic heterocycles. The van der Waals surface area contributed by atoms with Crippen molar-refractivity contribution in [3.63, 3.8) is 0 Å². The molecule has 3 aromatic carbocycles. The van der Waals surface area contributed by atoms with Crippen molar-refractivity contribution < 1.29 is 19.5 Å².